The van der Waals surface area contributed by atoms with E-state index in [1.165, 1.54) is 5.56 Å². The van der Waals surface area contributed by atoms with Gasteiger partial charge < -0.3 is 10.6 Å². The van der Waals surface area contributed by atoms with Gasteiger partial charge >= 0.3 is 0 Å². The van der Waals surface area contributed by atoms with E-state index in [0.29, 0.717) is 11.7 Å². The predicted molar refractivity (Wildman–Crippen MR) is 63.5 cm³/mol. The highest BCUT2D eigenvalue weighted by Gasteiger charge is 2.17. The van der Waals surface area contributed by atoms with Gasteiger partial charge in [-0.25, -0.2) is 4.79 Å². The maximum absolute atomic E-state index is 10.4. The number of hydrogen-bond donors (Lipinski definition) is 2. The lowest BCUT2D eigenvalue weighted by atomic mass is 10.2. The molecule has 1 saturated heterocycles. The van der Waals surface area contributed by atoms with Crippen molar-refractivity contribution in [3.05, 3.63) is 41.6 Å². The van der Waals surface area contributed by atoms with E-state index in [0.717, 1.165) is 25.9 Å². The minimum absolute atomic E-state index is 0.375. The minimum Gasteiger partial charge on any atom is -0.375 e. The van der Waals surface area contributed by atoms with E-state index in [-0.39, 0.29) is 0 Å². The molecule has 0 amide bonds. The fourth-order valence-corrected chi connectivity index (χ4v) is 1.93. The third-order valence-electron chi connectivity index (χ3n) is 2.81. The van der Waals surface area contributed by atoms with Crippen LogP contribution in [0.4, 0.5) is 0 Å². The second-order valence-corrected chi connectivity index (χ2v) is 4.08. The standard InChI is InChI=1S/C13H16N2O/c16-10-13-7-6-12(15-13)9-14-8-11-4-2-1-3-5-11/h1-5,12,14-15H,6-9H2/t12-/m0/s1. The molecule has 84 valence electrons. The summed E-state index contributed by atoms with van der Waals surface area (Å²) in [4.78, 5) is 10.4. The number of allylic oxidation sites excluding steroid dienone is 1. The number of carbonyl (C=O) groups excluding carboxylic acids is 1. The van der Waals surface area contributed by atoms with Gasteiger partial charge in [0.05, 0.1) is 5.70 Å². The Morgan fingerprint density at radius 2 is 2.19 bits per heavy atom. The average Bonchev–Trinajstić information content (AvgIpc) is 2.78. The first-order valence-corrected chi connectivity index (χ1v) is 5.63. The van der Waals surface area contributed by atoms with E-state index in [9.17, 15) is 4.79 Å². The van der Waals surface area contributed by atoms with Crippen LogP contribution < -0.4 is 10.6 Å². The van der Waals surface area contributed by atoms with Crippen molar-refractivity contribution in [3.63, 3.8) is 0 Å². The molecule has 16 heavy (non-hydrogen) atoms. The number of benzene rings is 1. The molecule has 0 spiro atoms. The molecular formula is C13H16N2O. The summed E-state index contributed by atoms with van der Waals surface area (Å²) >= 11 is 0. The average molecular weight is 216 g/mol. The molecular weight excluding hydrogens is 200 g/mol. The first kappa shape index (κ1) is 10.9. The van der Waals surface area contributed by atoms with Gasteiger partial charge in [0.2, 0.25) is 0 Å². The molecule has 2 N–H and O–H groups in total. The van der Waals surface area contributed by atoms with Gasteiger partial charge in [-0.1, -0.05) is 30.3 Å². The molecule has 0 saturated carbocycles. The first-order valence-electron chi connectivity index (χ1n) is 5.63. The highest BCUT2D eigenvalue weighted by atomic mass is 16.1. The smallest absolute Gasteiger partial charge is 0.145 e. The third kappa shape index (κ3) is 2.96. The number of rotatable bonds is 4. The van der Waals surface area contributed by atoms with Crippen LogP contribution in [0.5, 0.6) is 0 Å². The molecule has 1 aliphatic heterocycles. The summed E-state index contributed by atoms with van der Waals surface area (Å²) in [6, 6.07) is 10.7. The van der Waals surface area contributed by atoms with E-state index < -0.39 is 0 Å². The van der Waals surface area contributed by atoms with Gasteiger partial charge in [-0.3, -0.25) is 0 Å². The zero-order valence-corrected chi connectivity index (χ0v) is 9.20. The lowest BCUT2D eigenvalue weighted by Gasteiger charge is -2.11. The monoisotopic (exact) mass is 216 g/mol. The molecule has 1 heterocycles. The van der Waals surface area contributed by atoms with Crippen molar-refractivity contribution >= 4 is 5.94 Å². The van der Waals surface area contributed by atoms with Crippen molar-refractivity contribution < 1.29 is 4.79 Å². The van der Waals surface area contributed by atoms with Gasteiger partial charge in [0.15, 0.2) is 0 Å². The van der Waals surface area contributed by atoms with Gasteiger partial charge in [0, 0.05) is 25.6 Å². The van der Waals surface area contributed by atoms with Gasteiger partial charge in [-0.15, -0.1) is 0 Å². The molecule has 0 unspecified atom stereocenters. The molecule has 0 radical (unpaired) electrons. The van der Waals surface area contributed by atoms with Crippen molar-refractivity contribution in [2.45, 2.75) is 25.4 Å². The van der Waals surface area contributed by atoms with E-state index in [4.69, 9.17) is 0 Å². The Balaban J connectivity index is 1.71. The SMILES string of the molecule is O=C=C1CC[C@@H](CNCc2ccccc2)N1. The molecule has 1 fully saturated rings. The Kier molecular flexibility index (Phi) is 3.76. The summed E-state index contributed by atoms with van der Waals surface area (Å²) < 4.78 is 0. The Labute approximate surface area is 95.6 Å². The minimum atomic E-state index is 0.375. The Bertz CT molecular complexity index is 382. The van der Waals surface area contributed by atoms with Gasteiger partial charge in [-0.05, 0) is 12.0 Å². The van der Waals surface area contributed by atoms with Crippen LogP contribution in [0.3, 0.4) is 0 Å². The van der Waals surface area contributed by atoms with Crippen LogP contribution in [0.25, 0.3) is 0 Å². The van der Waals surface area contributed by atoms with Gasteiger partial charge in [0.25, 0.3) is 0 Å². The van der Waals surface area contributed by atoms with Crippen molar-refractivity contribution in [1.29, 1.82) is 0 Å². The second kappa shape index (κ2) is 5.50. The van der Waals surface area contributed by atoms with E-state index in [1.807, 2.05) is 24.1 Å². The van der Waals surface area contributed by atoms with Crippen molar-refractivity contribution in [1.82, 2.24) is 10.6 Å². The van der Waals surface area contributed by atoms with E-state index in [2.05, 4.69) is 22.8 Å². The highest BCUT2D eigenvalue weighted by molar-refractivity contribution is 5.52. The summed E-state index contributed by atoms with van der Waals surface area (Å²) in [5, 5.41) is 6.54. The lowest BCUT2D eigenvalue weighted by Crippen LogP contribution is -2.33. The van der Waals surface area contributed by atoms with Crippen molar-refractivity contribution in [2.24, 2.45) is 0 Å². The molecule has 0 aromatic heterocycles. The topological polar surface area (TPSA) is 41.1 Å². The Morgan fingerprint density at radius 1 is 1.38 bits per heavy atom. The lowest BCUT2D eigenvalue weighted by molar-refractivity contribution is 0.540. The van der Waals surface area contributed by atoms with Crippen LogP contribution >= 0.6 is 0 Å². The van der Waals surface area contributed by atoms with Crippen LogP contribution in [-0.2, 0) is 11.3 Å². The number of nitrogens with one attached hydrogen (secondary N) is 2. The third-order valence-corrected chi connectivity index (χ3v) is 2.81. The van der Waals surface area contributed by atoms with Crippen molar-refractivity contribution in [3.8, 4) is 0 Å². The predicted octanol–water partition coefficient (Wildman–Crippen LogP) is 1.24. The van der Waals surface area contributed by atoms with Gasteiger partial charge in [-0.2, -0.15) is 0 Å². The maximum atomic E-state index is 10.4. The fraction of sp³-hybridized carbons (Fsp3) is 0.385. The van der Waals surface area contributed by atoms with Gasteiger partial charge in [0.1, 0.15) is 5.94 Å². The fourth-order valence-electron chi connectivity index (χ4n) is 1.93. The van der Waals surface area contributed by atoms with E-state index in [1.54, 1.807) is 0 Å². The summed E-state index contributed by atoms with van der Waals surface area (Å²) in [6.45, 7) is 1.76. The van der Waals surface area contributed by atoms with Crippen LogP contribution in [0.2, 0.25) is 0 Å². The zero-order valence-electron chi connectivity index (χ0n) is 9.20. The van der Waals surface area contributed by atoms with Crippen LogP contribution in [0.1, 0.15) is 18.4 Å². The second-order valence-electron chi connectivity index (χ2n) is 4.08. The Morgan fingerprint density at radius 3 is 2.88 bits per heavy atom. The first-order chi connectivity index (χ1) is 7.88. The molecule has 1 aromatic carbocycles. The van der Waals surface area contributed by atoms with E-state index >= 15 is 0 Å². The summed E-state index contributed by atoms with van der Waals surface area (Å²) in [7, 11) is 0. The highest BCUT2D eigenvalue weighted by Crippen LogP contribution is 2.12. The molecule has 3 heteroatoms. The molecule has 3 nitrogen and oxygen atoms in total. The molecule has 0 aliphatic carbocycles. The van der Waals surface area contributed by atoms with Crippen LogP contribution in [0, 0.1) is 0 Å². The molecule has 1 aliphatic rings. The zero-order chi connectivity index (χ0) is 11.2. The van der Waals surface area contributed by atoms with Crippen LogP contribution in [0.15, 0.2) is 36.0 Å². The summed E-state index contributed by atoms with van der Waals surface area (Å²) in [6.07, 6.45) is 1.85. The molecule has 1 aromatic rings. The Hall–Kier alpha value is -1.57. The molecule has 2 rings (SSSR count). The molecule has 1 atom stereocenters. The molecule has 0 bridgehead atoms. The quantitative estimate of drug-likeness (QED) is 0.744. The normalized spacial score (nSPS) is 19.2. The summed E-state index contributed by atoms with van der Waals surface area (Å²) in [5.41, 5.74) is 2.00. The van der Waals surface area contributed by atoms with Crippen LogP contribution in [-0.4, -0.2) is 18.5 Å². The maximum Gasteiger partial charge on any atom is 0.145 e. The largest absolute Gasteiger partial charge is 0.375 e. The number of hydrogen-bond acceptors (Lipinski definition) is 3. The van der Waals surface area contributed by atoms with Crippen molar-refractivity contribution in [2.75, 3.05) is 6.54 Å². The summed E-state index contributed by atoms with van der Waals surface area (Å²) in [5.74, 6) is 1.93.